The zero-order chi connectivity index (χ0) is 13.6. The van der Waals surface area contributed by atoms with Crippen LogP contribution < -0.4 is 0 Å². The Kier molecular flexibility index (Phi) is 5.63. The Morgan fingerprint density at radius 2 is 1.78 bits per heavy atom. The van der Waals surface area contributed by atoms with Crippen LogP contribution >= 0.6 is 0 Å². The van der Waals surface area contributed by atoms with E-state index in [9.17, 15) is 13.2 Å². The van der Waals surface area contributed by atoms with Crippen molar-refractivity contribution in [1.29, 1.82) is 0 Å². The number of hydrogen-bond acceptors (Lipinski definition) is 3. The fourth-order valence-electron chi connectivity index (χ4n) is 2.33. The number of sulfone groups is 1. The Morgan fingerprint density at radius 3 is 2.28 bits per heavy atom. The summed E-state index contributed by atoms with van der Waals surface area (Å²) in [6, 6.07) is 0. The van der Waals surface area contributed by atoms with Crippen LogP contribution in [0.4, 0.5) is 0 Å². The van der Waals surface area contributed by atoms with Crippen molar-refractivity contribution >= 4 is 15.8 Å². The lowest BCUT2D eigenvalue weighted by molar-refractivity contribution is -0.138. The fraction of sp³-hybridized carbons (Fsp3) is 0.923. The van der Waals surface area contributed by atoms with Crippen LogP contribution in [0.1, 0.15) is 58.3 Å². The van der Waals surface area contributed by atoms with Crippen LogP contribution in [-0.4, -0.2) is 31.0 Å². The zero-order valence-corrected chi connectivity index (χ0v) is 12.0. The molecular weight excluding hydrogens is 252 g/mol. The summed E-state index contributed by atoms with van der Waals surface area (Å²) in [6.07, 6.45) is 6.55. The van der Waals surface area contributed by atoms with Crippen LogP contribution in [0.5, 0.6) is 0 Å². The van der Waals surface area contributed by atoms with E-state index >= 15 is 0 Å². The fourth-order valence-corrected chi connectivity index (χ4v) is 4.45. The third-order valence-electron chi connectivity index (χ3n) is 3.57. The largest absolute Gasteiger partial charge is 0.481 e. The standard InChI is InChI=1S/C13H24O4S/c1-2-3-4-5-6-9-18(16,17)11-13(7-8-13)10-12(14)15/h2-11H2,1H3,(H,14,15). The zero-order valence-electron chi connectivity index (χ0n) is 11.2. The van der Waals surface area contributed by atoms with Gasteiger partial charge < -0.3 is 5.11 Å². The smallest absolute Gasteiger partial charge is 0.303 e. The molecule has 0 aliphatic heterocycles. The van der Waals surface area contributed by atoms with Crippen molar-refractivity contribution in [3.63, 3.8) is 0 Å². The molecule has 0 aromatic heterocycles. The van der Waals surface area contributed by atoms with Crippen molar-refractivity contribution in [2.24, 2.45) is 5.41 Å². The lowest BCUT2D eigenvalue weighted by atomic mass is 10.1. The molecule has 0 heterocycles. The summed E-state index contributed by atoms with van der Waals surface area (Å²) >= 11 is 0. The quantitative estimate of drug-likeness (QED) is 0.623. The van der Waals surface area contributed by atoms with Gasteiger partial charge in [0.05, 0.1) is 17.9 Å². The Bertz CT molecular complexity index is 368. The van der Waals surface area contributed by atoms with E-state index in [2.05, 4.69) is 6.92 Å². The molecule has 106 valence electrons. The molecule has 0 spiro atoms. The summed E-state index contributed by atoms with van der Waals surface area (Å²) in [6.45, 7) is 2.12. The molecule has 1 saturated carbocycles. The first-order valence-corrected chi connectivity index (χ1v) is 8.63. The highest BCUT2D eigenvalue weighted by atomic mass is 32.2. The molecule has 5 heteroatoms. The molecule has 0 unspecified atom stereocenters. The minimum absolute atomic E-state index is 0.00205. The van der Waals surface area contributed by atoms with E-state index in [4.69, 9.17) is 5.11 Å². The molecule has 1 N–H and O–H groups in total. The molecule has 0 aromatic carbocycles. The second kappa shape index (κ2) is 6.55. The number of rotatable bonds is 10. The molecule has 0 amide bonds. The minimum Gasteiger partial charge on any atom is -0.481 e. The maximum atomic E-state index is 11.9. The van der Waals surface area contributed by atoms with Crippen LogP contribution in [0.2, 0.25) is 0 Å². The predicted octanol–water partition coefficient (Wildman–Crippen LogP) is 2.63. The average Bonchev–Trinajstić information content (AvgIpc) is 2.95. The van der Waals surface area contributed by atoms with E-state index in [-0.39, 0.29) is 17.9 Å². The first-order valence-electron chi connectivity index (χ1n) is 6.81. The third-order valence-corrected chi connectivity index (χ3v) is 5.53. The molecule has 1 aliphatic carbocycles. The highest BCUT2D eigenvalue weighted by Gasteiger charge is 2.47. The molecule has 0 bridgehead atoms. The Balaban J connectivity index is 2.29. The number of carbonyl (C=O) groups is 1. The third kappa shape index (κ3) is 5.85. The van der Waals surface area contributed by atoms with Crippen LogP contribution in [0, 0.1) is 5.41 Å². The molecule has 18 heavy (non-hydrogen) atoms. The lowest BCUT2D eigenvalue weighted by Gasteiger charge is -2.12. The molecular formula is C13H24O4S. The van der Waals surface area contributed by atoms with E-state index in [1.807, 2.05) is 0 Å². The van der Waals surface area contributed by atoms with Gasteiger partial charge in [0.1, 0.15) is 0 Å². The topological polar surface area (TPSA) is 71.4 Å². The summed E-state index contributed by atoms with van der Waals surface area (Å²) in [5.74, 6) is -0.594. The van der Waals surface area contributed by atoms with Crippen LogP contribution in [0.3, 0.4) is 0 Å². The lowest BCUT2D eigenvalue weighted by Crippen LogP contribution is -2.22. The number of aliphatic carboxylic acids is 1. The summed E-state index contributed by atoms with van der Waals surface area (Å²) < 4.78 is 23.8. The molecule has 1 fully saturated rings. The maximum Gasteiger partial charge on any atom is 0.303 e. The number of carboxylic acids is 1. The Labute approximate surface area is 110 Å². The van der Waals surface area contributed by atoms with Gasteiger partial charge in [0.25, 0.3) is 0 Å². The maximum absolute atomic E-state index is 11.9. The molecule has 0 saturated heterocycles. The molecule has 1 rings (SSSR count). The van der Waals surface area contributed by atoms with Gasteiger partial charge in [-0.3, -0.25) is 4.79 Å². The summed E-state index contributed by atoms with van der Waals surface area (Å²) in [5.41, 5.74) is -0.436. The van der Waals surface area contributed by atoms with Crippen molar-refractivity contribution in [3.8, 4) is 0 Å². The van der Waals surface area contributed by atoms with Crippen LogP contribution in [0.25, 0.3) is 0 Å². The molecule has 1 aliphatic rings. The highest BCUT2D eigenvalue weighted by molar-refractivity contribution is 7.91. The van der Waals surface area contributed by atoms with Gasteiger partial charge in [-0.1, -0.05) is 32.6 Å². The van der Waals surface area contributed by atoms with Gasteiger partial charge in [0.2, 0.25) is 0 Å². The van der Waals surface area contributed by atoms with Gasteiger partial charge in [-0.05, 0) is 24.7 Å². The van der Waals surface area contributed by atoms with E-state index in [1.165, 1.54) is 0 Å². The SMILES string of the molecule is CCCCCCCS(=O)(=O)CC1(CC(=O)O)CC1. The summed E-state index contributed by atoms with van der Waals surface area (Å²) in [7, 11) is -3.07. The summed E-state index contributed by atoms with van der Waals surface area (Å²) in [4.78, 5) is 10.7. The van der Waals surface area contributed by atoms with Crippen LogP contribution in [-0.2, 0) is 14.6 Å². The van der Waals surface area contributed by atoms with Gasteiger partial charge in [-0.15, -0.1) is 0 Å². The van der Waals surface area contributed by atoms with E-state index in [0.717, 1.165) is 38.5 Å². The van der Waals surface area contributed by atoms with E-state index in [0.29, 0.717) is 6.42 Å². The first-order chi connectivity index (χ1) is 8.39. The van der Waals surface area contributed by atoms with Crippen molar-refractivity contribution in [3.05, 3.63) is 0 Å². The van der Waals surface area contributed by atoms with E-state index in [1.54, 1.807) is 0 Å². The van der Waals surface area contributed by atoms with Crippen molar-refractivity contribution in [2.75, 3.05) is 11.5 Å². The Morgan fingerprint density at radius 1 is 1.17 bits per heavy atom. The van der Waals surface area contributed by atoms with Gasteiger partial charge in [-0.2, -0.15) is 0 Å². The minimum atomic E-state index is -3.07. The second-order valence-corrected chi connectivity index (χ2v) is 7.76. The number of carboxylic acid groups (broad SMARTS) is 1. The van der Waals surface area contributed by atoms with Gasteiger partial charge >= 0.3 is 5.97 Å². The molecule has 0 atom stereocenters. The normalized spacial score (nSPS) is 17.6. The summed E-state index contributed by atoms with van der Waals surface area (Å²) in [5, 5.41) is 8.76. The Hall–Kier alpha value is -0.580. The second-order valence-electron chi connectivity index (χ2n) is 5.58. The van der Waals surface area contributed by atoms with Gasteiger partial charge in [-0.25, -0.2) is 8.42 Å². The van der Waals surface area contributed by atoms with Crippen LogP contribution in [0.15, 0.2) is 0 Å². The molecule has 4 nitrogen and oxygen atoms in total. The van der Waals surface area contributed by atoms with Crippen molar-refractivity contribution < 1.29 is 18.3 Å². The van der Waals surface area contributed by atoms with Gasteiger partial charge in [0, 0.05) is 0 Å². The highest BCUT2D eigenvalue weighted by Crippen LogP contribution is 2.49. The van der Waals surface area contributed by atoms with Crippen molar-refractivity contribution in [1.82, 2.24) is 0 Å². The molecule has 0 aromatic rings. The van der Waals surface area contributed by atoms with E-state index < -0.39 is 21.2 Å². The molecule has 0 radical (unpaired) electrons. The predicted molar refractivity (Wildman–Crippen MR) is 71.3 cm³/mol. The number of unbranched alkanes of at least 4 members (excludes halogenated alkanes) is 4. The van der Waals surface area contributed by atoms with Gasteiger partial charge in [0.15, 0.2) is 9.84 Å². The monoisotopic (exact) mass is 276 g/mol. The van der Waals surface area contributed by atoms with Crippen molar-refractivity contribution in [2.45, 2.75) is 58.3 Å². The first kappa shape index (κ1) is 15.5. The number of hydrogen-bond donors (Lipinski definition) is 1. The average molecular weight is 276 g/mol.